The quantitative estimate of drug-likeness (QED) is 0.177. The second kappa shape index (κ2) is 381. The molecular formula is H45Br6Ca2Cl6F5K3Li3Mg3N3Na3. The van der Waals surface area contributed by atoms with E-state index in [1.165, 1.54) is 0 Å². The monoisotopic (exact) mass is 1220 g/mol. The number of hydrogen-bond donors (Lipinski definition) is 3. The Morgan fingerprint density at radius 3 is 0.265 bits per heavy atom. The summed E-state index contributed by atoms with van der Waals surface area (Å²) in [5, 5.41) is 0. The Balaban J connectivity index is 0. The third-order valence-corrected chi connectivity index (χ3v) is 0. The van der Waals surface area contributed by atoms with Crippen molar-refractivity contribution in [3.63, 3.8) is 0 Å². The number of hydrogen-bond acceptors (Lipinski definition) is 3. The average molecular weight is 1230 g/mol. The summed E-state index contributed by atoms with van der Waals surface area (Å²) in [5.41, 5.74) is 0. The van der Waals surface area contributed by atoms with E-state index in [-0.39, 0.29) is 662 Å². The van der Waals surface area contributed by atoms with Gasteiger partial charge in [0.1, 0.15) is 0 Å². The van der Waals surface area contributed by atoms with Gasteiger partial charge in [-0.3, -0.25) is 23.5 Å². The van der Waals surface area contributed by atoms with Gasteiger partial charge in [-0.2, -0.15) is 0 Å². The molecule has 0 rings (SSSR count). The van der Waals surface area contributed by atoms with E-state index in [0.29, 0.717) is 0 Å². The Kier molecular flexibility index (Phi) is 4520. The topological polar surface area (TPSA) is 105 Å². The molecular weight excluding hydrogens is 1190 g/mol. The molecule has 0 aliphatic carbocycles. The molecule has 3 nitrogen and oxygen atoms in total. The van der Waals surface area contributed by atoms with Gasteiger partial charge in [-0.05, 0) is 0 Å². The van der Waals surface area contributed by atoms with Crippen molar-refractivity contribution in [1.29, 1.82) is 0 Å². The Labute approximate surface area is 641 Å². The van der Waals surface area contributed by atoms with Crippen LogP contribution in [-0.2, 0) is 0 Å². The van der Waals surface area contributed by atoms with Crippen LogP contribution in [0.4, 0.5) is 23.5 Å². The molecule has 0 atom stereocenters. The van der Waals surface area contributed by atoms with Crippen LogP contribution in [0.25, 0.3) is 0 Å². The van der Waals surface area contributed by atoms with E-state index in [2.05, 4.69) is 0 Å². The SMILES string of the molecule is Br.Br.Br.Br.Br.Br.Cl.Cl.Cl.Cl.Cl.Cl.F.F.F.F.F.N.N.N.[CaH2].[CaH2].[KH].[KH].[KH].[LiH].[LiH].[LiH].[MgH2].[MgH2].[MgH2].[NaH].[NaH].[NaH]. The van der Waals surface area contributed by atoms with Crippen molar-refractivity contribution < 1.29 is 23.5 Å². The molecule has 0 spiro atoms. The van der Waals surface area contributed by atoms with Crippen molar-refractivity contribution >= 4 is 620 Å². The molecule has 0 unspecified atom stereocenters. The Bertz CT molecular complexity index is 105. The van der Waals surface area contributed by atoms with E-state index in [0.717, 1.165) is 0 Å². The molecule has 0 saturated carbocycles. The second-order valence-corrected chi connectivity index (χ2v) is 0. The summed E-state index contributed by atoms with van der Waals surface area (Å²) >= 11 is 0. The van der Waals surface area contributed by atoms with Crippen molar-refractivity contribution in [2.24, 2.45) is 0 Å². The molecule has 0 saturated heterocycles. The molecule has 0 aliphatic heterocycles. The zero-order valence-corrected chi connectivity index (χ0v) is 24.2. The molecule has 0 aromatic carbocycles. The van der Waals surface area contributed by atoms with Crippen molar-refractivity contribution in [2.45, 2.75) is 0 Å². The van der Waals surface area contributed by atoms with Crippen LogP contribution >= 0.6 is 176 Å². The van der Waals surface area contributed by atoms with Gasteiger partial charge in [-0.25, -0.2) is 0 Å². The molecule has 34 heavy (non-hydrogen) atoms. The third-order valence-electron chi connectivity index (χ3n) is 0. The van der Waals surface area contributed by atoms with Crippen molar-refractivity contribution in [1.82, 2.24) is 18.5 Å². The Morgan fingerprint density at radius 2 is 0.265 bits per heavy atom. The standard InChI is InChI=1S/6BrH.2Ca.6ClH.5FH.3K.3Li.3Mg.3H3N.3Na.19H/h6*1H;;;11*1H;;;;;;;;;;3*1H3;;;;;;;;;;;;;;;;;;;;;;. The van der Waals surface area contributed by atoms with E-state index in [1.807, 2.05) is 0 Å². The van der Waals surface area contributed by atoms with Crippen LogP contribution in [0.5, 0.6) is 0 Å². The van der Waals surface area contributed by atoms with Gasteiger partial charge in [-0.1, -0.05) is 0 Å². The summed E-state index contributed by atoms with van der Waals surface area (Å²) < 4.78 is 0. The van der Waals surface area contributed by atoms with E-state index in [4.69, 9.17) is 0 Å². The zero-order valence-electron chi connectivity index (χ0n) is 9.06. The zero-order chi connectivity index (χ0) is 0. The fourth-order valence-electron chi connectivity index (χ4n) is 0. The van der Waals surface area contributed by atoms with Gasteiger partial charge in [0.05, 0.1) is 0 Å². The van der Waals surface area contributed by atoms with Gasteiger partial charge >= 0.3 is 444 Å². The Hall–Kier alpha value is 18.7. The molecule has 34 heteroatoms. The first-order valence-corrected chi connectivity index (χ1v) is 0. The minimum absolute atomic E-state index is 0. The third kappa shape index (κ3) is 359. The summed E-state index contributed by atoms with van der Waals surface area (Å²) in [6, 6.07) is 0. The summed E-state index contributed by atoms with van der Waals surface area (Å²) in [6.45, 7) is 0. The van der Waals surface area contributed by atoms with Crippen LogP contribution in [0.2, 0.25) is 0 Å². The Morgan fingerprint density at radius 1 is 0.265 bits per heavy atom. The molecule has 0 bridgehead atoms. The van der Waals surface area contributed by atoms with Gasteiger partial charge in [0.2, 0.25) is 0 Å². The first-order valence-electron chi connectivity index (χ1n) is 0. The summed E-state index contributed by atoms with van der Waals surface area (Å²) in [6.07, 6.45) is 0. The normalized spacial score (nSPS) is 0. The first kappa shape index (κ1) is 403. The van der Waals surface area contributed by atoms with Gasteiger partial charge < -0.3 is 18.5 Å². The fourth-order valence-corrected chi connectivity index (χ4v) is 0. The maximum atomic E-state index is 0. The summed E-state index contributed by atoms with van der Waals surface area (Å²) in [4.78, 5) is 0. The molecule has 0 fully saturated rings. The molecule has 198 valence electrons. The van der Waals surface area contributed by atoms with Crippen LogP contribution in [0.3, 0.4) is 0 Å². The molecule has 9 N–H and O–H groups in total. The van der Waals surface area contributed by atoms with Crippen molar-refractivity contribution in [3.05, 3.63) is 0 Å². The van der Waals surface area contributed by atoms with Crippen LogP contribution in [0, 0.1) is 0 Å². The predicted octanol–water partition coefficient (Wildman–Crippen LogP) is -3.17. The molecule has 0 aliphatic rings. The number of rotatable bonds is 0. The molecule has 0 aromatic heterocycles. The van der Waals surface area contributed by atoms with Crippen molar-refractivity contribution in [2.75, 3.05) is 0 Å². The van der Waals surface area contributed by atoms with E-state index in [1.54, 1.807) is 0 Å². The molecule has 0 heterocycles. The van der Waals surface area contributed by atoms with Crippen LogP contribution in [-0.4, -0.2) is 444 Å². The van der Waals surface area contributed by atoms with Gasteiger partial charge in [-0.15, -0.1) is 176 Å². The van der Waals surface area contributed by atoms with Crippen LogP contribution < -0.4 is 18.5 Å². The van der Waals surface area contributed by atoms with Crippen LogP contribution in [0.15, 0.2) is 0 Å². The fraction of sp³-hybridized carbons (Fsp3) is 0. The summed E-state index contributed by atoms with van der Waals surface area (Å²) in [5.74, 6) is 0. The summed E-state index contributed by atoms with van der Waals surface area (Å²) in [7, 11) is 0. The maximum absolute atomic E-state index is 0. The molecule has 0 aromatic rings. The van der Waals surface area contributed by atoms with Crippen molar-refractivity contribution in [3.8, 4) is 0 Å². The van der Waals surface area contributed by atoms with E-state index < -0.39 is 0 Å². The van der Waals surface area contributed by atoms with E-state index in [9.17, 15) is 0 Å². The minimum atomic E-state index is 0. The van der Waals surface area contributed by atoms with Gasteiger partial charge in [0, 0.05) is 0 Å². The molecule has 0 amide bonds. The van der Waals surface area contributed by atoms with Gasteiger partial charge in [0.15, 0.2) is 0 Å². The second-order valence-electron chi connectivity index (χ2n) is 0. The van der Waals surface area contributed by atoms with Gasteiger partial charge in [0.25, 0.3) is 0 Å². The van der Waals surface area contributed by atoms with Crippen LogP contribution in [0.1, 0.15) is 0 Å². The number of halogens is 17. The first-order chi connectivity index (χ1) is 0. The van der Waals surface area contributed by atoms with E-state index >= 15 is 0 Å². The predicted molar refractivity (Wildman–Crippen MR) is 240 cm³/mol. The average Bonchev–Trinajstić information content (AvgIpc) is 0. The molecule has 0 radical (unpaired) electrons.